The molecule has 1 aliphatic heterocycles. The molecule has 3 heterocycles. The lowest BCUT2D eigenvalue weighted by Gasteiger charge is -2.33. The maximum absolute atomic E-state index is 12.6. The van der Waals surface area contributed by atoms with Gasteiger partial charge in [0.15, 0.2) is 5.15 Å². The molecule has 126 valence electrons. The molecular weight excluding hydrogens is 328 g/mol. The lowest BCUT2D eigenvalue weighted by molar-refractivity contribution is -0.138. The normalized spacial score (nSPS) is 18.2. The Morgan fingerprint density at radius 2 is 2.21 bits per heavy atom. The lowest BCUT2D eigenvalue weighted by Crippen LogP contribution is -2.50. The fourth-order valence-corrected chi connectivity index (χ4v) is 3.26. The van der Waals surface area contributed by atoms with Gasteiger partial charge in [-0.15, -0.1) is 0 Å². The summed E-state index contributed by atoms with van der Waals surface area (Å²) in [5.41, 5.74) is 1.37. The molecule has 1 saturated heterocycles. The molecule has 3 rings (SSSR count). The molecule has 1 aliphatic rings. The number of aromatic nitrogens is 2. The van der Waals surface area contributed by atoms with E-state index in [4.69, 9.17) is 11.6 Å². The highest BCUT2D eigenvalue weighted by molar-refractivity contribution is 6.31. The molecule has 0 aliphatic carbocycles. The number of nitrogens with zero attached hydrogens (tertiary/aromatic N) is 3. The maximum Gasteiger partial charge on any atom is 0.247 e. The number of hydrogen-bond donors (Lipinski definition) is 1. The Morgan fingerprint density at radius 1 is 1.38 bits per heavy atom. The van der Waals surface area contributed by atoms with Crippen LogP contribution < -0.4 is 5.32 Å². The summed E-state index contributed by atoms with van der Waals surface area (Å²) in [5, 5.41) is 2.97. The molecule has 0 aromatic carbocycles. The van der Waals surface area contributed by atoms with Gasteiger partial charge >= 0.3 is 0 Å². The first-order valence-corrected chi connectivity index (χ1v) is 8.32. The van der Waals surface area contributed by atoms with Gasteiger partial charge < -0.3 is 10.2 Å². The topological polar surface area (TPSA) is 66.7 Å². The number of hydrogen-bond acceptors (Lipinski definition) is 3. The molecule has 6 nitrogen and oxygen atoms in total. The minimum absolute atomic E-state index is 0.121. The predicted octanol–water partition coefficient (Wildman–Crippen LogP) is 2.13. The number of pyridine rings is 1. The number of carbonyl (C=O) groups is 2. The molecular formula is C17H19ClN4O2. The Bertz CT molecular complexity index is 799. The van der Waals surface area contributed by atoms with Gasteiger partial charge in [0, 0.05) is 25.9 Å². The molecule has 2 aromatic rings. The van der Waals surface area contributed by atoms with Gasteiger partial charge in [0.2, 0.25) is 11.8 Å². The first kappa shape index (κ1) is 16.5. The summed E-state index contributed by atoms with van der Waals surface area (Å²) in [4.78, 5) is 30.4. The van der Waals surface area contributed by atoms with Crippen molar-refractivity contribution in [3.63, 3.8) is 0 Å². The fourth-order valence-electron chi connectivity index (χ4n) is 3.02. The van der Waals surface area contributed by atoms with E-state index in [1.165, 1.54) is 6.08 Å². The van der Waals surface area contributed by atoms with E-state index in [0.29, 0.717) is 23.8 Å². The van der Waals surface area contributed by atoms with E-state index in [2.05, 4.69) is 10.3 Å². The van der Waals surface area contributed by atoms with Crippen molar-refractivity contribution in [1.82, 2.24) is 19.6 Å². The predicted molar refractivity (Wildman–Crippen MR) is 92.7 cm³/mol. The van der Waals surface area contributed by atoms with Crippen molar-refractivity contribution >= 4 is 35.1 Å². The standard InChI is InChI=1S/C17H19ClN4O2/c1-19-17(24)13-6-2-4-11-22(13)15(23)9-8-12-16(18)20-14-7-3-5-10-21(12)14/h3,5,7-10,13H,2,4,6,11H2,1H3,(H,19,24)/b9-8-/t13-/m0/s1. The van der Waals surface area contributed by atoms with Gasteiger partial charge in [-0.1, -0.05) is 17.7 Å². The Labute approximate surface area is 145 Å². The van der Waals surface area contributed by atoms with Crippen LogP contribution >= 0.6 is 11.6 Å². The Kier molecular flexibility index (Phi) is 4.85. The average Bonchev–Trinajstić information content (AvgIpc) is 2.94. The molecule has 1 fully saturated rings. The minimum atomic E-state index is -0.404. The summed E-state index contributed by atoms with van der Waals surface area (Å²) >= 11 is 6.17. The Balaban J connectivity index is 1.83. The van der Waals surface area contributed by atoms with Gasteiger partial charge in [0.1, 0.15) is 11.7 Å². The van der Waals surface area contributed by atoms with Crippen molar-refractivity contribution in [3.8, 4) is 0 Å². The molecule has 2 aromatic heterocycles. The van der Waals surface area contributed by atoms with Crippen molar-refractivity contribution in [1.29, 1.82) is 0 Å². The van der Waals surface area contributed by atoms with Crippen LogP contribution in [0.15, 0.2) is 30.5 Å². The van der Waals surface area contributed by atoms with E-state index < -0.39 is 6.04 Å². The Morgan fingerprint density at radius 3 is 3.00 bits per heavy atom. The Hall–Kier alpha value is -2.34. The number of piperidine rings is 1. The summed E-state index contributed by atoms with van der Waals surface area (Å²) in [5.74, 6) is -0.311. The number of fused-ring (bicyclic) bond motifs is 1. The van der Waals surface area contributed by atoms with E-state index in [1.807, 2.05) is 28.8 Å². The molecule has 1 N–H and O–H groups in total. The number of likely N-dealkylation sites (tertiary alicyclic amines) is 1. The molecule has 0 unspecified atom stereocenters. The molecule has 0 radical (unpaired) electrons. The van der Waals surface area contributed by atoms with Gasteiger partial charge in [0.05, 0.1) is 5.69 Å². The van der Waals surface area contributed by atoms with Crippen LogP contribution in [0.1, 0.15) is 25.0 Å². The SMILES string of the molecule is CNC(=O)[C@@H]1CCCCN1C(=O)/C=C\c1c(Cl)nc2ccccn12. The second kappa shape index (κ2) is 7.05. The third-order valence-corrected chi connectivity index (χ3v) is 4.52. The molecule has 1 atom stereocenters. The number of imidazole rings is 1. The summed E-state index contributed by atoms with van der Waals surface area (Å²) in [7, 11) is 1.59. The van der Waals surface area contributed by atoms with Crippen molar-refractivity contribution in [2.75, 3.05) is 13.6 Å². The van der Waals surface area contributed by atoms with Crippen LogP contribution in [0.4, 0.5) is 0 Å². The van der Waals surface area contributed by atoms with E-state index in [9.17, 15) is 9.59 Å². The van der Waals surface area contributed by atoms with Crippen LogP contribution in [-0.4, -0.2) is 45.7 Å². The molecule has 0 bridgehead atoms. The minimum Gasteiger partial charge on any atom is -0.357 e. The zero-order valence-corrected chi connectivity index (χ0v) is 14.2. The van der Waals surface area contributed by atoms with E-state index in [-0.39, 0.29) is 11.8 Å². The average molecular weight is 347 g/mol. The van der Waals surface area contributed by atoms with Crippen molar-refractivity contribution in [3.05, 3.63) is 41.3 Å². The summed E-state index contributed by atoms with van der Waals surface area (Å²) in [6, 6.07) is 5.19. The third kappa shape index (κ3) is 3.14. The maximum atomic E-state index is 12.6. The molecule has 24 heavy (non-hydrogen) atoms. The smallest absolute Gasteiger partial charge is 0.247 e. The first-order chi connectivity index (χ1) is 11.6. The lowest BCUT2D eigenvalue weighted by atomic mass is 10.0. The molecule has 2 amide bonds. The highest BCUT2D eigenvalue weighted by Crippen LogP contribution is 2.21. The van der Waals surface area contributed by atoms with E-state index >= 15 is 0 Å². The van der Waals surface area contributed by atoms with Gasteiger partial charge in [0.25, 0.3) is 0 Å². The van der Waals surface area contributed by atoms with Crippen molar-refractivity contribution in [2.24, 2.45) is 0 Å². The van der Waals surface area contributed by atoms with E-state index in [1.54, 1.807) is 18.0 Å². The fraction of sp³-hybridized carbons (Fsp3) is 0.353. The summed E-state index contributed by atoms with van der Waals surface area (Å²) in [6.07, 6.45) is 7.50. The number of halogens is 1. The quantitative estimate of drug-likeness (QED) is 0.866. The number of rotatable bonds is 3. The zero-order chi connectivity index (χ0) is 17.1. The first-order valence-electron chi connectivity index (χ1n) is 7.94. The molecule has 0 saturated carbocycles. The van der Waals surface area contributed by atoms with Crippen LogP contribution in [0.3, 0.4) is 0 Å². The zero-order valence-electron chi connectivity index (χ0n) is 13.4. The summed E-state index contributed by atoms with van der Waals surface area (Å²) in [6.45, 7) is 0.585. The number of carbonyl (C=O) groups excluding carboxylic acids is 2. The van der Waals surface area contributed by atoms with Gasteiger partial charge in [-0.05, 0) is 37.5 Å². The highest BCUT2D eigenvalue weighted by Gasteiger charge is 2.30. The second-order valence-corrected chi connectivity index (χ2v) is 6.07. The summed E-state index contributed by atoms with van der Waals surface area (Å²) < 4.78 is 1.82. The number of likely N-dealkylation sites (N-methyl/N-ethyl adjacent to an activating group) is 1. The van der Waals surface area contributed by atoms with Crippen LogP contribution in [0, 0.1) is 0 Å². The third-order valence-electron chi connectivity index (χ3n) is 4.24. The monoisotopic (exact) mass is 346 g/mol. The second-order valence-electron chi connectivity index (χ2n) is 5.71. The molecule has 0 spiro atoms. The number of amides is 2. The van der Waals surface area contributed by atoms with E-state index in [0.717, 1.165) is 18.5 Å². The van der Waals surface area contributed by atoms with Crippen molar-refractivity contribution < 1.29 is 9.59 Å². The van der Waals surface area contributed by atoms with Crippen LogP contribution in [0.2, 0.25) is 5.15 Å². The van der Waals surface area contributed by atoms with Gasteiger partial charge in [-0.2, -0.15) is 0 Å². The largest absolute Gasteiger partial charge is 0.357 e. The highest BCUT2D eigenvalue weighted by atomic mass is 35.5. The van der Waals surface area contributed by atoms with Gasteiger partial charge in [-0.25, -0.2) is 4.98 Å². The van der Waals surface area contributed by atoms with Crippen molar-refractivity contribution in [2.45, 2.75) is 25.3 Å². The van der Waals surface area contributed by atoms with Crippen LogP contribution in [0.5, 0.6) is 0 Å². The van der Waals surface area contributed by atoms with Crippen LogP contribution in [-0.2, 0) is 9.59 Å². The van der Waals surface area contributed by atoms with Gasteiger partial charge in [-0.3, -0.25) is 14.0 Å². The number of nitrogens with one attached hydrogen (secondary N) is 1. The van der Waals surface area contributed by atoms with Crippen LogP contribution in [0.25, 0.3) is 11.7 Å². The molecule has 7 heteroatoms.